The maximum atomic E-state index is 10.6. The average molecular weight is 204 g/mol. The van der Waals surface area contributed by atoms with Crippen LogP contribution in [0.5, 0.6) is 0 Å². The van der Waals surface area contributed by atoms with Crippen molar-refractivity contribution >= 4 is 6.29 Å². The second-order valence-electron chi connectivity index (χ2n) is 4.27. The SMILES string of the molecule is O=CCC1(O)CCCCc2ccccc21. The van der Waals surface area contributed by atoms with Crippen LogP contribution in [0.4, 0.5) is 0 Å². The normalized spacial score (nSPS) is 25.4. The Morgan fingerprint density at radius 1 is 1.33 bits per heavy atom. The molecule has 0 heterocycles. The van der Waals surface area contributed by atoms with Crippen LogP contribution in [0, 0.1) is 0 Å². The van der Waals surface area contributed by atoms with Crippen molar-refractivity contribution < 1.29 is 9.90 Å². The smallest absolute Gasteiger partial charge is 0.123 e. The minimum absolute atomic E-state index is 0.212. The minimum Gasteiger partial charge on any atom is -0.385 e. The van der Waals surface area contributed by atoms with Crippen molar-refractivity contribution in [3.05, 3.63) is 35.4 Å². The van der Waals surface area contributed by atoms with E-state index < -0.39 is 5.60 Å². The van der Waals surface area contributed by atoms with Crippen molar-refractivity contribution in [3.63, 3.8) is 0 Å². The molecule has 0 radical (unpaired) electrons. The molecule has 0 spiro atoms. The summed E-state index contributed by atoms with van der Waals surface area (Å²) in [5.74, 6) is 0. The Morgan fingerprint density at radius 3 is 2.93 bits per heavy atom. The van der Waals surface area contributed by atoms with Gasteiger partial charge in [0.25, 0.3) is 0 Å². The summed E-state index contributed by atoms with van der Waals surface area (Å²) in [5, 5.41) is 10.5. The van der Waals surface area contributed by atoms with Gasteiger partial charge in [0.2, 0.25) is 0 Å². The summed E-state index contributed by atoms with van der Waals surface area (Å²) in [6.45, 7) is 0. The summed E-state index contributed by atoms with van der Waals surface area (Å²) in [5.41, 5.74) is 1.23. The van der Waals surface area contributed by atoms with E-state index in [0.29, 0.717) is 6.42 Å². The van der Waals surface area contributed by atoms with Gasteiger partial charge in [-0.05, 0) is 36.8 Å². The van der Waals surface area contributed by atoms with Gasteiger partial charge in [0.05, 0.1) is 5.60 Å². The van der Waals surface area contributed by atoms with Crippen molar-refractivity contribution in [2.45, 2.75) is 37.7 Å². The predicted molar refractivity (Wildman–Crippen MR) is 58.6 cm³/mol. The zero-order valence-corrected chi connectivity index (χ0v) is 8.78. The van der Waals surface area contributed by atoms with Gasteiger partial charge in [-0.15, -0.1) is 0 Å². The maximum Gasteiger partial charge on any atom is 0.123 e. The first-order valence-electron chi connectivity index (χ1n) is 5.51. The van der Waals surface area contributed by atoms with Crippen LogP contribution in [0.1, 0.15) is 36.8 Å². The van der Waals surface area contributed by atoms with E-state index in [1.165, 1.54) is 5.56 Å². The van der Waals surface area contributed by atoms with Gasteiger partial charge in [-0.1, -0.05) is 24.3 Å². The van der Waals surface area contributed by atoms with Crippen LogP contribution in [0.2, 0.25) is 0 Å². The lowest BCUT2D eigenvalue weighted by Gasteiger charge is -2.26. The summed E-state index contributed by atoms with van der Waals surface area (Å²) in [6, 6.07) is 7.92. The van der Waals surface area contributed by atoms with Crippen molar-refractivity contribution in [1.29, 1.82) is 0 Å². The Morgan fingerprint density at radius 2 is 2.13 bits per heavy atom. The van der Waals surface area contributed by atoms with Gasteiger partial charge >= 0.3 is 0 Å². The Labute approximate surface area is 89.9 Å². The third kappa shape index (κ3) is 1.95. The maximum absolute atomic E-state index is 10.6. The second kappa shape index (κ2) is 4.15. The highest BCUT2D eigenvalue weighted by Gasteiger charge is 2.31. The van der Waals surface area contributed by atoms with Gasteiger partial charge in [-0.2, -0.15) is 0 Å². The fraction of sp³-hybridized carbons (Fsp3) is 0.462. The van der Waals surface area contributed by atoms with E-state index in [9.17, 15) is 9.90 Å². The molecule has 2 rings (SSSR count). The molecule has 1 aromatic carbocycles. The molecule has 0 amide bonds. The van der Waals surface area contributed by atoms with Crippen LogP contribution in [-0.4, -0.2) is 11.4 Å². The van der Waals surface area contributed by atoms with Crippen LogP contribution in [0.3, 0.4) is 0 Å². The molecule has 0 saturated carbocycles. The van der Waals surface area contributed by atoms with Crippen LogP contribution in [0.25, 0.3) is 0 Å². The van der Waals surface area contributed by atoms with Crippen molar-refractivity contribution in [3.8, 4) is 0 Å². The molecule has 1 aromatic rings. The molecule has 2 nitrogen and oxygen atoms in total. The zero-order chi connectivity index (χ0) is 10.7. The first-order chi connectivity index (χ1) is 7.26. The first-order valence-corrected chi connectivity index (χ1v) is 5.51. The monoisotopic (exact) mass is 204 g/mol. The molecule has 0 saturated heterocycles. The molecule has 1 atom stereocenters. The molecule has 0 aliphatic heterocycles. The van der Waals surface area contributed by atoms with E-state index in [0.717, 1.165) is 31.1 Å². The molecule has 0 aromatic heterocycles. The van der Waals surface area contributed by atoms with Gasteiger partial charge in [0, 0.05) is 6.42 Å². The highest BCUT2D eigenvalue weighted by molar-refractivity contribution is 5.53. The number of rotatable bonds is 2. The van der Waals surface area contributed by atoms with Gasteiger partial charge in [0.15, 0.2) is 0 Å². The van der Waals surface area contributed by atoms with Crippen molar-refractivity contribution in [2.75, 3.05) is 0 Å². The van der Waals surface area contributed by atoms with Crippen LogP contribution >= 0.6 is 0 Å². The van der Waals surface area contributed by atoms with E-state index in [-0.39, 0.29) is 6.42 Å². The van der Waals surface area contributed by atoms with E-state index in [1.54, 1.807) is 0 Å². The number of aldehydes is 1. The molecule has 15 heavy (non-hydrogen) atoms. The molecule has 1 aliphatic carbocycles. The lowest BCUT2D eigenvalue weighted by Crippen LogP contribution is -2.26. The van der Waals surface area contributed by atoms with E-state index in [2.05, 4.69) is 6.07 Å². The van der Waals surface area contributed by atoms with Gasteiger partial charge < -0.3 is 9.90 Å². The quantitative estimate of drug-likeness (QED) is 0.592. The van der Waals surface area contributed by atoms with Gasteiger partial charge in [0.1, 0.15) is 6.29 Å². The molecule has 1 unspecified atom stereocenters. The van der Waals surface area contributed by atoms with Gasteiger partial charge in [-0.25, -0.2) is 0 Å². The molecule has 0 fully saturated rings. The predicted octanol–water partition coefficient (Wildman–Crippen LogP) is 2.19. The molecule has 0 bridgehead atoms. The number of carbonyl (C=O) groups excluding carboxylic acids is 1. The number of benzene rings is 1. The van der Waals surface area contributed by atoms with Crippen molar-refractivity contribution in [2.24, 2.45) is 0 Å². The van der Waals surface area contributed by atoms with Gasteiger partial charge in [-0.3, -0.25) is 0 Å². The van der Waals surface area contributed by atoms with Crippen LogP contribution in [0.15, 0.2) is 24.3 Å². The standard InChI is InChI=1S/C13H16O2/c14-10-9-13(15)8-4-3-6-11-5-1-2-7-12(11)13/h1-2,5,7,10,15H,3-4,6,8-9H2. The highest BCUT2D eigenvalue weighted by atomic mass is 16.3. The fourth-order valence-corrected chi connectivity index (χ4v) is 2.41. The van der Waals surface area contributed by atoms with E-state index in [1.807, 2.05) is 18.2 Å². The van der Waals surface area contributed by atoms with E-state index >= 15 is 0 Å². The summed E-state index contributed by atoms with van der Waals surface area (Å²) >= 11 is 0. The molecular weight excluding hydrogens is 188 g/mol. The summed E-state index contributed by atoms with van der Waals surface area (Å²) in [6.07, 6.45) is 4.82. The topological polar surface area (TPSA) is 37.3 Å². The Balaban J connectivity index is 2.44. The fourth-order valence-electron chi connectivity index (χ4n) is 2.41. The minimum atomic E-state index is -0.922. The molecular formula is C13H16O2. The Kier molecular flexibility index (Phi) is 2.87. The van der Waals surface area contributed by atoms with Crippen molar-refractivity contribution in [1.82, 2.24) is 0 Å². The Bertz CT molecular complexity index is 359. The third-order valence-corrected chi connectivity index (χ3v) is 3.23. The van der Waals surface area contributed by atoms with E-state index in [4.69, 9.17) is 0 Å². The number of aliphatic hydroxyl groups is 1. The summed E-state index contributed by atoms with van der Waals surface area (Å²) in [7, 11) is 0. The molecule has 1 N–H and O–H groups in total. The summed E-state index contributed by atoms with van der Waals surface area (Å²) < 4.78 is 0. The second-order valence-corrected chi connectivity index (χ2v) is 4.27. The number of fused-ring (bicyclic) bond motifs is 1. The lowest BCUT2D eigenvalue weighted by molar-refractivity contribution is -0.113. The lowest BCUT2D eigenvalue weighted by atomic mass is 9.86. The van der Waals surface area contributed by atoms with Crippen LogP contribution < -0.4 is 0 Å². The third-order valence-electron chi connectivity index (χ3n) is 3.23. The molecule has 80 valence electrons. The Hall–Kier alpha value is -1.15. The first kappa shape index (κ1) is 10.4. The average Bonchev–Trinajstić information content (AvgIpc) is 2.40. The number of aryl methyl sites for hydroxylation is 1. The van der Waals surface area contributed by atoms with Crippen LogP contribution in [-0.2, 0) is 16.8 Å². The summed E-state index contributed by atoms with van der Waals surface area (Å²) in [4.78, 5) is 10.6. The molecule has 2 heteroatoms. The molecule has 1 aliphatic rings. The zero-order valence-electron chi connectivity index (χ0n) is 8.78. The number of hydrogen-bond acceptors (Lipinski definition) is 2. The largest absolute Gasteiger partial charge is 0.385 e. The number of carbonyl (C=O) groups is 1. The number of hydrogen-bond donors (Lipinski definition) is 1. The highest BCUT2D eigenvalue weighted by Crippen LogP contribution is 2.35.